The monoisotopic (exact) mass is 287 g/mol. The van der Waals surface area contributed by atoms with Crippen LogP contribution < -0.4 is 5.32 Å². The molecule has 1 aromatic rings. The highest BCUT2D eigenvalue weighted by atomic mass is 16.2. The van der Waals surface area contributed by atoms with E-state index in [0.29, 0.717) is 6.04 Å². The fraction of sp³-hybridized carbons (Fsp3) is 0.588. The Labute approximate surface area is 127 Å². The molecule has 0 aliphatic carbocycles. The first kappa shape index (κ1) is 14.4. The van der Waals surface area contributed by atoms with E-state index >= 15 is 0 Å². The maximum Gasteiger partial charge on any atom is 0.321 e. The van der Waals surface area contributed by atoms with Gasteiger partial charge in [-0.1, -0.05) is 30.3 Å². The van der Waals surface area contributed by atoms with E-state index in [9.17, 15) is 4.79 Å². The molecule has 0 saturated carbocycles. The van der Waals surface area contributed by atoms with Crippen LogP contribution in [0.4, 0.5) is 4.79 Å². The van der Waals surface area contributed by atoms with E-state index in [4.69, 9.17) is 0 Å². The van der Waals surface area contributed by atoms with E-state index in [1.54, 1.807) is 0 Å². The van der Waals surface area contributed by atoms with E-state index in [1.165, 1.54) is 5.56 Å². The van der Waals surface area contributed by atoms with Crippen molar-refractivity contribution in [1.29, 1.82) is 0 Å². The topological polar surface area (TPSA) is 35.6 Å². The molecule has 2 amide bonds. The summed E-state index contributed by atoms with van der Waals surface area (Å²) >= 11 is 0. The standard InChI is InChI=1S/C17H25N3O/c1-13(2)20-16(14-7-4-3-5-8-14)12-19(17(20)21)15-9-6-10-18-11-15/h3-5,7-8,13,15-16,18H,6,9-12H2,1-2H3. The maximum atomic E-state index is 12.9. The van der Waals surface area contributed by atoms with Crippen molar-refractivity contribution in [1.82, 2.24) is 15.1 Å². The highest BCUT2D eigenvalue weighted by Crippen LogP contribution is 2.33. The molecule has 0 aromatic heterocycles. The SMILES string of the molecule is CC(C)N1C(=O)N(C2CCCNC2)CC1c1ccccc1. The van der Waals surface area contributed by atoms with E-state index in [2.05, 4.69) is 48.3 Å². The third kappa shape index (κ3) is 2.77. The highest BCUT2D eigenvalue weighted by molar-refractivity contribution is 5.78. The van der Waals surface area contributed by atoms with Crippen molar-refractivity contribution in [3.63, 3.8) is 0 Å². The first-order valence-electron chi connectivity index (χ1n) is 8.03. The first-order valence-corrected chi connectivity index (χ1v) is 8.03. The summed E-state index contributed by atoms with van der Waals surface area (Å²) in [4.78, 5) is 17.0. The summed E-state index contributed by atoms with van der Waals surface area (Å²) in [6.45, 7) is 7.04. The molecule has 4 heteroatoms. The Morgan fingerprint density at radius 3 is 2.62 bits per heavy atom. The zero-order valence-corrected chi connectivity index (χ0v) is 13.0. The number of carbonyl (C=O) groups excluding carboxylic acids is 1. The van der Waals surface area contributed by atoms with Crippen LogP contribution in [0.1, 0.15) is 38.3 Å². The van der Waals surface area contributed by atoms with Crippen molar-refractivity contribution < 1.29 is 4.79 Å². The smallest absolute Gasteiger partial charge is 0.318 e. The molecule has 4 nitrogen and oxygen atoms in total. The zero-order chi connectivity index (χ0) is 14.8. The summed E-state index contributed by atoms with van der Waals surface area (Å²) in [6.07, 6.45) is 2.28. The summed E-state index contributed by atoms with van der Waals surface area (Å²) < 4.78 is 0. The van der Waals surface area contributed by atoms with Crippen LogP contribution in [-0.4, -0.2) is 47.5 Å². The summed E-state index contributed by atoms with van der Waals surface area (Å²) in [7, 11) is 0. The third-order valence-corrected chi connectivity index (χ3v) is 4.62. The van der Waals surface area contributed by atoms with Gasteiger partial charge in [0.05, 0.1) is 6.04 Å². The van der Waals surface area contributed by atoms with Crippen molar-refractivity contribution >= 4 is 6.03 Å². The number of nitrogens with zero attached hydrogens (tertiary/aromatic N) is 2. The van der Waals surface area contributed by atoms with Gasteiger partial charge in [-0.05, 0) is 38.8 Å². The number of piperidine rings is 1. The lowest BCUT2D eigenvalue weighted by molar-refractivity contribution is 0.157. The van der Waals surface area contributed by atoms with E-state index in [-0.39, 0.29) is 18.1 Å². The molecule has 2 saturated heterocycles. The molecular formula is C17H25N3O. The largest absolute Gasteiger partial charge is 0.321 e. The third-order valence-electron chi connectivity index (χ3n) is 4.62. The Morgan fingerprint density at radius 1 is 1.24 bits per heavy atom. The molecule has 2 unspecified atom stereocenters. The number of benzene rings is 1. The van der Waals surface area contributed by atoms with Crippen LogP contribution in [0.2, 0.25) is 0 Å². The maximum absolute atomic E-state index is 12.9. The number of urea groups is 1. The first-order chi connectivity index (χ1) is 10.2. The predicted molar refractivity (Wildman–Crippen MR) is 84.2 cm³/mol. The Kier molecular flexibility index (Phi) is 4.15. The van der Waals surface area contributed by atoms with Gasteiger partial charge in [-0.15, -0.1) is 0 Å². The van der Waals surface area contributed by atoms with Gasteiger partial charge in [-0.2, -0.15) is 0 Å². The van der Waals surface area contributed by atoms with Crippen LogP contribution in [0.3, 0.4) is 0 Å². The zero-order valence-electron chi connectivity index (χ0n) is 13.0. The Morgan fingerprint density at radius 2 is 2.00 bits per heavy atom. The molecule has 2 heterocycles. The number of amides is 2. The molecule has 0 spiro atoms. The predicted octanol–water partition coefficient (Wildman–Crippen LogP) is 2.63. The number of hydrogen-bond acceptors (Lipinski definition) is 2. The molecule has 21 heavy (non-hydrogen) atoms. The van der Waals surface area contributed by atoms with Crippen molar-refractivity contribution in [2.75, 3.05) is 19.6 Å². The molecule has 1 aromatic carbocycles. The van der Waals surface area contributed by atoms with Gasteiger partial charge in [0.15, 0.2) is 0 Å². The molecule has 2 aliphatic rings. The number of carbonyl (C=O) groups is 1. The van der Waals surface area contributed by atoms with Crippen LogP contribution in [0, 0.1) is 0 Å². The van der Waals surface area contributed by atoms with Crippen LogP contribution in [-0.2, 0) is 0 Å². The van der Waals surface area contributed by atoms with Gasteiger partial charge in [0.1, 0.15) is 0 Å². The van der Waals surface area contributed by atoms with Gasteiger partial charge in [0, 0.05) is 25.2 Å². The van der Waals surface area contributed by atoms with Gasteiger partial charge in [0.25, 0.3) is 0 Å². The molecule has 2 aliphatic heterocycles. The lowest BCUT2D eigenvalue weighted by Gasteiger charge is -2.31. The number of hydrogen-bond donors (Lipinski definition) is 1. The highest BCUT2D eigenvalue weighted by Gasteiger charge is 2.42. The minimum atomic E-state index is 0.181. The molecule has 114 valence electrons. The fourth-order valence-corrected chi connectivity index (χ4v) is 3.56. The molecule has 0 radical (unpaired) electrons. The molecular weight excluding hydrogens is 262 g/mol. The van der Waals surface area contributed by atoms with Crippen molar-refractivity contribution in [3.05, 3.63) is 35.9 Å². The summed E-state index contributed by atoms with van der Waals surface area (Å²) in [5.74, 6) is 0. The normalized spacial score (nSPS) is 26.7. The minimum absolute atomic E-state index is 0.181. The minimum Gasteiger partial charge on any atom is -0.318 e. The van der Waals surface area contributed by atoms with Crippen LogP contribution >= 0.6 is 0 Å². The van der Waals surface area contributed by atoms with E-state index < -0.39 is 0 Å². The fourth-order valence-electron chi connectivity index (χ4n) is 3.56. The Bertz CT molecular complexity index is 482. The van der Waals surface area contributed by atoms with Crippen LogP contribution in [0.15, 0.2) is 30.3 Å². The quantitative estimate of drug-likeness (QED) is 0.927. The molecule has 2 atom stereocenters. The average molecular weight is 287 g/mol. The lowest BCUT2D eigenvalue weighted by atomic mass is 10.0. The van der Waals surface area contributed by atoms with Gasteiger partial charge in [-0.3, -0.25) is 0 Å². The van der Waals surface area contributed by atoms with E-state index in [1.807, 2.05) is 11.0 Å². The van der Waals surface area contributed by atoms with Crippen molar-refractivity contribution in [2.45, 2.75) is 44.8 Å². The lowest BCUT2D eigenvalue weighted by Crippen LogP contribution is -2.48. The van der Waals surface area contributed by atoms with Gasteiger partial charge in [-0.25, -0.2) is 4.79 Å². The second-order valence-corrected chi connectivity index (χ2v) is 6.36. The Hall–Kier alpha value is -1.55. The summed E-state index contributed by atoms with van der Waals surface area (Å²) in [6, 6.07) is 11.4. The number of nitrogens with one attached hydrogen (secondary N) is 1. The van der Waals surface area contributed by atoms with Crippen LogP contribution in [0.5, 0.6) is 0 Å². The molecule has 0 bridgehead atoms. The second kappa shape index (κ2) is 6.06. The molecule has 2 fully saturated rings. The molecule has 3 rings (SSSR count). The average Bonchev–Trinajstić information content (AvgIpc) is 2.87. The van der Waals surface area contributed by atoms with E-state index in [0.717, 1.165) is 32.5 Å². The van der Waals surface area contributed by atoms with Crippen molar-refractivity contribution in [3.8, 4) is 0 Å². The summed E-state index contributed by atoms with van der Waals surface area (Å²) in [5, 5.41) is 3.42. The van der Waals surface area contributed by atoms with Crippen molar-refractivity contribution in [2.24, 2.45) is 0 Å². The summed E-state index contributed by atoms with van der Waals surface area (Å²) in [5.41, 5.74) is 1.24. The van der Waals surface area contributed by atoms with Crippen LogP contribution in [0.25, 0.3) is 0 Å². The van der Waals surface area contributed by atoms with Gasteiger partial charge >= 0.3 is 6.03 Å². The second-order valence-electron chi connectivity index (χ2n) is 6.36. The molecule has 1 N–H and O–H groups in total. The van der Waals surface area contributed by atoms with Gasteiger partial charge in [0.2, 0.25) is 0 Å². The number of rotatable bonds is 3. The Balaban J connectivity index is 1.84. The van der Waals surface area contributed by atoms with Gasteiger partial charge < -0.3 is 15.1 Å².